The molecule has 27 heavy (non-hydrogen) atoms. The van der Waals surface area contributed by atoms with Crippen LogP contribution < -0.4 is 5.32 Å². The van der Waals surface area contributed by atoms with Gasteiger partial charge in [0.25, 0.3) is 0 Å². The number of anilines is 1. The average Bonchev–Trinajstić information content (AvgIpc) is 3.13. The standard InChI is InChI=1S/C18H23N3O5S/c1-4-26-17(25)13-9(2)19-18(27-13)20-14(22)10(3)21-15(23)11-7-5-6-8-12(11)16(21)24/h10-12H,4-8H2,1-3H3,(H,19,20,22)/t10-,11-,12-/m0/s1. The SMILES string of the molecule is CCOC(=O)c1sc(NC(=O)[C@H](C)N2C(=O)[C@H]3CCCC[C@@H]3C2=O)nc1C. The van der Waals surface area contributed by atoms with Crippen molar-refractivity contribution in [2.24, 2.45) is 11.8 Å². The molecule has 0 unspecified atom stereocenters. The number of imide groups is 1. The molecule has 1 aromatic heterocycles. The monoisotopic (exact) mass is 393 g/mol. The lowest BCUT2D eigenvalue weighted by Gasteiger charge is -2.21. The number of rotatable bonds is 5. The number of amides is 3. The third-order valence-electron chi connectivity index (χ3n) is 5.13. The Labute approximate surface area is 161 Å². The van der Waals surface area contributed by atoms with Crippen LogP contribution in [0.4, 0.5) is 5.13 Å². The minimum absolute atomic E-state index is 0.240. The lowest BCUT2D eigenvalue weighted by Crippen LogP contribution is -2.46. The molecule has 2 heterocycles. The minimum Gasteiger partial charge on any atom is -0.462 e. The van der Waals surface area contributed by atoms with Crippen molar-refractivity contribution >= 4 is 40.2 Å². The van der Waals surface area contributed by atoms with Gasteiger partial charge in [-0.2, -0.15) is 0 Å². The minimum atomic E-state index is -0.925. The van der Waals surface area contributed by atoms with Gasteiger partial charge in [-0.3, -0.25) is 19.3 Å². The highest BCUT2D eigenvalue weighted by Gasteiger charge is 2.50. The number of ether oxygens (including phenoxy) is 1. The van der Waals surface area contributed by atoms with Crippen molar-refractivity contribution in [3.63, 3.8) is 0 Å². The Hall–Kier alpha value is -2.29. The maximum atomic E-state index is 12.6. The van der Waals surface area contributed by atoms with Crippen LogP contribution in [0.3, 0.4) is 0 Å². The van der Waals surface area contributed by atoms with Crippen molar-refractivity contribution in [1.29, 1.82) is 0 Å². The van der Waals surface area contributed by atoms with Gasteiger partial charge in [0.05, 0.1) is 24.1 Å². The second-order valence-electron chi connectivity index (χ2n) is 6.86. The van der Waals surface area contributed by atoms with E-state index in [-0.39, 0.29) is 35.4 Å². The van der Waals surface area contributed by atoms with Crippen LogP contribution in [0.25, 0.3) is 0 Å². The molecular weight excluding hydrogens is 370 g/mol. The summed E-state index contributed by atoms with van der Waals surface area (Å²) in [6.07, 6.45) is 3.27. The van der Waals surface area contributed by atoms with Crippen LogP contribution in [0.2, 0.25) is 0 Å². The van der Waals surface area contributed by atoms with Gasteiger partial charge in [-0.1, -0.05) is 24.2 Å². The van der Waals surface area contributed by atoms with Crippen LogP contribution in [0, 0.1) is 18.8 Å². The summed E-state index contributed by atoms with van der Waals surface area (Å²) in [6, 6.07) is -0.925. The van der Waals surface area contributed by atoms with Gasteiger partial charge < -0.3 is 10.1 Å². The maximum absolute atomic E-state index is 12.6. The number of carbonyl (C=O) groups is 4. The van der Waals surface area contributed by atoms with E-state index < -0.39 is 17.9 Å². The molecule has 1 saturated heterocycles. The maximum Gasteiger partial charge on any atom is 0.350 e. The Bertz CT molecular complexity index is 766. The Kier molecular flexibility index (Phi) is 5.59. The number of likely N-dealkylation sites (tertiary alicyclic amines) is 1. The number of carbonyl (C=O) groups excluding carboxylic acids is 4. The number of nitrogens with zero attached hydrogens (tertiary/aromatic N) is 2. The Morgan fingerprint density at radius 3 is 2.41 bits per heavy atom. The second-order valence-corrected chi connectivity index (χ2v) is 7.86. The predicted octanol–water partition coefficient (Wildman–Crippen LogP) is 2.13. The number of hydrogen-bond donors (Lipinski definition) is 1. The van der Waals surface area contributed by atoms with Crippen LogP contribution in [-0.2, 0) is 19.1 Å². The highest BCUT2D eigenvalue weighted by Crippen LogP contribution is 2.39. The Morgan fingerprint density at radius 1 is 1.26 bits per heavy atom. The molecule has 8 nitrogen and oxygen atoms in total. The normalized spacial score (nSPS) is 23.1. The molecule has 0 spiro atoms. The molecule has 2 aliphatic rings. The van der Waals surface area contributed by atoms with E-state index in [0.29, 0.717) is 23.4 Å². The first-order chi connectivity index (χ1) is 12.8. The number of aryl methyl sites for hydroxylation is 1. The van der Waals surface area contributed by atoms with E-state index in [9.17, 15) is 19.2 Å². The summed E-state index contributed by atoms with van der Waals surface area (Å²) in [5, 5.41) is 2.85. The Balaban J connectivity index is 1.71. The van der Waals surface area contributed by atoms with Crippen LogP contribution in [0.15, 0.2) is 0 Å². The highest BCUT2D eigenvalue weighted by molar-refractivity contribution is 7.17. The summed E-state index contributed by atoms with van der Waals surface area (Å²) < 4.78 is 4.96. The number of fused-ring (bicyclic) bond motifs is 1. The van der Waals surface area contributed by atoms with Crippen molar-refractivity contribution in [3.8, 4) is 0 Å². The van der Waals surface area contributed by atoms with Crippen molar-refractivity contribution in [2.75, 3.05) is 11.9 Å². The number of nitrogens with one attached hydrogen (secondary N) is 1. The smallest absolute Gasteiger partial charge is 0.350 e. The molecule has 0 bridgehead atoms. The second kappa shape index (κ2) is 7.75. The summed E-state index contributed by atoms with van der Waals surface area (Å²) in [5.74, 6) is -2.09. The van der Waals surface area contributed by atoms with Gasteiger partial charge in [-0.05, 0) is 33.6 Å². The summed E-state index contributed by atoms with van der Waals surface area (Å²) in [4.78, 5) is 55.3. The van der Waals surface area contributed by atoms with Gasteiger partial charge in [0.1, 0.15) is 10.9 Å². The third kappa shape index (κ3) is 3.60. The van der Waals surface area contributed by atoms with Gasteiger partial charge in [-0.25, -0.2) is 9.78 Å². The largest absolute Gasteiger partial charge is 0.462 e. The first-order valence-corrected chi connectivity index (χ1v) is 9.99. The molecule has 0 radical (unpaired) electrons. The van der Waals surface area contributed by atoms with E-state index in [2.05, 4.69) is 10.3 Å². The molecule has 1 N–H and O–H groups in total. The molecule has 1 aliphatic heterocycles. The zero-order chi connectivity index (χ0) is 19.7. The van der Waals surface area contributed by atoms with Crippen molar-refractivity contribution < 1.29 is 23.9 Å². The molecule has 146 valence electrons. The van der Waals surface area contributed by atoms with Crippen LogP contribution >= 0.6 is 11.3 Å². The zero-order valence-corrected chi connectivity index (χ0v) is 16.4. The fourth-order valence-corrected chi connectivity index (χ4v) is 4.60. The highest BCUT2D eigenvalue weighted by atomic mass is 32.1. The lowest BCUT2D eigenvalue weighted by molar-refractivity contribution is -0.146. The molecule has 2 fully saturated rings. The van der Waals surface area contributed by atoms with Crippen molar-refractivity contribution in [1.82, 2.24) is 9.88 Å². The quantitative estimate of drug-likeness (QED) is 0.607. The van der Waals surface area contributed by atoms with Crippen LogP contribution in [-0.4, -0.2) is 46.2 Å². The molecule has 3 atom stereocenters. The van der Waals surface area contributed by atoms with Gasteiger partial charge in [-0.15, -0.1) is 0 Å². The van der Waals surface area contributed by atoms with E-state index in [1.165, 1.54) is 6.92 Å². The van der Waals surface area contributed by atoms with Gasteiger partial charge in [0.2, 0.25) is 17.7 Å². The lowest BCUT2D eigenvalue weighted by atomic mass is 9.81. The van der Waals surface area contributed by atoms with E-state index in [1.807, 2.05) is 0 Å². The summed E-state index contributed by atoms with van der Waals surface area (Å²) in [6.45, 7) is 5.14. The van der Waals surface area contributed by atoms with Gasteiger partial charge in [0, 0.05) is 0 Å². The van der Waals surface area contributed by atoms with E-state index in [1.54, 1.807) is 13.8 Å². The van der Waals surface area contributed by atoms with Gasteiger partial charge in [0.15, 0.2) is 5.13 Å². The zero-order valence-electron chi connectivity index (χ0n) is 15.6. The van der Waals surface area contributed by atoms with Crippen LogP contribution in [0.5, 0.6) is 0 Å². The fraction of sp³-hybridized carbons (Fsp3) is 0.611. The first kappa shape index (κ1) is 19.5. The van der Waals surface area contributed by atoms with Crippen LogP contribution in [0.1, 0.15) is 54.9 Å². The first-order valence-electron chi connectivity index (χ1n) is 9.17. The predicted molar refractivity (Wildman–Crippen MR) is 98.2 cm³/mol. The Morgan fingerprint density at radius 2 is 1.85 bits per heavy atom. The molecule has 1 aromatic rings. The summed E-state index contributed by atoms with van der Waals surface area (Å²) >= 11 is 1.01. The fourth-order valence-electron chi connectivity index (χ4n) is 3.73. The number of thiazole rings is 1. The molecule has 1 saturated carbocycles. The number of aromatic nitrogens is 1. The van der Waals surface area contributed by atoms with E-state index in [4.69, 9.17) is 4.74 Å². The number of esters is 1. The third-order valence-corrected chi connectivity index (χ3v) is 6.18. The van der Waals surface area contributed by atoms with Crippen molar-refractivity contribution in [2.45, 2.75) is 52.5 Å². The molecule has 0 aromatic carbocycles. The molecule has 3 amide bonds. The topological polar surface area (TPSA) is 106 Å². The average molecular weight is 393 g/mol. The number of hydrogen-bond acceptors (Lipinski definition) is 7. The molecule has 3 rings (SSSR count). The van der Waals surface area contributed by atoms with Crippen molar-refractivity contribution in [3.05, 3.63) is 10.6 Å². The molecule has 1 aliphatic carbocycles. The van der Waals surface area contributed by atoms with E-state index >= 15 is 0 Å². The molecule has 9 heteroatoms. The summed E-state index contributed by atoms with van der Waals surface area (Å²) in [7, 11) is 0. The molecular formula is C18H23N3O5S. The summed E-state index contributed by atoms with van der Waals surface area (Å²) in [5.41, 5.74) is 0.459. The van der Waals surface area contributed by atoms with Gasteiger partial charge >= 0.3 is 5.97 Å². The van der Waals surface area contributed by atoms with E-state index in [0.717, 1.165) is 29.1 Å².